The Labute approximate surface area is 179 Å². The molecule has 30 heavy (non-hydrogen) atoms. The normalized spacial score (nSPS) is 16.7. The number of carbonyl (C=O) groups excluding carboxylic acids is 1. The third kappa shape index (κ3) is 3.47. The van der Waals surface area contributed by atoms with Crippen LogP contribution < -0.4 is 9.47 Å². The fourth-order valence-corrected chi connectivity index (χ4v) is 3.95. The summed E-state index contributed by atoms with van der Waals surface area (Å²) < 4.78 is 12.1. The Morgan fingerprint density at radius 2 is 2.03 bits per heavy atom. The van der Waals surface area contributed by atoms with E-state index in [9.17, 15) is 4.79 Å². The first-order chi connectivity index (χ1) is 14.6. The second kappa shape index (κ2) is 7.59. The van der Waals surface area contributed by atoms with E-state index in [-0.39, 0.29) is 11.5 Å². The van der Waals surface area contributed by atoms with Crippen molar-refractivity contribution in [2.24, 2.45) is 0 Å². The highest BCUT2D eigenvalue weighted by atomic mass is 35.5. The summed E-state index contributed by atoms with van der Waals surface area (Å²) in [7, 11) is 0. The average Bonchev–Trinajstić information content (AvgIpc) is 3.08. The number of pyridine rings is 1. The minimum atomic E-state index is -0.120. The Morgan fingerprint density at radius 3 is 2.80 bits per heavy atom. The first kappa shape index (κ1) is 18.9. The number of aryl methyl sites for hydroxylation is 1. The van der Waals surface area contributed by atoms with Crippen LogP contribution in [0, 0.1) is 6.92 Å². The number of carbonyl (C=O) groups is 1. The van der Waals surface area contributed by atoms with Crippen LogP contribution in [0.3, 0.4) is 0 Å². The molecular weight excluding hydrogens is 400 g/mol. The minimum absolute atomic E-state index is 0.120. The van der Waals surface area contributed by atoms with Gasteiger partial charge in [-0.25, -0.2) is 0 Å². The molecule has 0 spiro atoms. The van der Waals surface area contributed by atoms with Gasteiger partial charge in [0.05, 0.1) is 16.8 Å². The lowest BCUT2D eigenvalue weighted by Crippen LogP contribution is -2.31. The molecule has 6 heteroatoms. The molecule has 5 rings (SSSR count). The molecule has 0 saturated heterocycles. The van der Waals surface area contributed by atoms with Crippen LogP contribution in [0.25, 0.3) is 6.08 Å². The highest BCUT2D eigenvalue weighted by Crippen LogP contribution is 2.44. The molecule has 2 aliphatic heterocycles. The maximum Gasteiger partial charge on any atom is 0.232 e. The number of hydrogen-bond acceptors (Lipinski definition) is 5. The van der Waals surface area contributed by atoms with E-state index >= 15 is 0 Å². The van der Waals surface area contributed by atoms with Gasteiger partial charge in [-0.1, -0.05) is 29.8 Å². The van der Waals surface area contributed by atoms with Crippen molar-refractivity contribution in [3.05, 3.63) is 93.5 Å². The topological polar surface area (TPSA) is 51.7 Å². The van der Waals surface area contributed by atoms with Crippen molar-refractivity contribution in [3.63, 3.8) is 0 Å². The molecule has 5 nitrogen and oxygen atoms in total. The third-order valence-electron chi connectivity index (χ3n) is 5.27. The quantitative estimate of drug-likeness (QED) is 0.559. The predicted octanol–water partition coefficient (Wildman–Crippen LogP) is 5.01. The van der Waals surface area contributed by atoms with Gasteiger partial charge in [0.2, 0.25) is 5.78 Å². The van der Waals surface area contributed by atoms with Crippen LogP contribution in [-0.4, -0.2) is 22.4 Å². The van der Waals surface area contributed by atoms with Crippen LogP contribution in [0.4, 0.5) is 0 Å². The number of hydrogen-bond donors (Lipinski definition) is 0. The monoisotopic (exact) mass is 418 g/mol. The Hall–Kier alpha value is -3.15. The lowest BCUT2D eigenvalue weighted by Gasteiger charge is -2.30. The van der Waals surface area contributed by atoms with E-state index in [0.717, 1.165) is 22.4 Å². The van der Waals surface area contributed by atoms with Crippen molar-refractivity contribution in [1.29, 1.82) is 0 Å². The summed E-state index contributed by atoms with van der Waals surface area (Å²) in [5.74, 6) is 1.53. The Morgan fingerprint density at radius 1 is 1.20 bits per heavy atom. The number of ether oxygens (including phenoxy) is 2. The van der Waals surface area contributed by atoms with Crippen molar-refractivity contribution < 1.29 is 14.3 Å². The van der Waals surface area contributed by atoms with E-state index in [2.05, 4.69) is 9.88 Å². The minimum Gasteiger partial charge on any atom is -0.478 e. The highest BCUT2D eigenvalue weighted by Gasteiger charge is 2.35. The number of nitrogens with zero attached hydrogens (tertiary/aromatic N) is 2. The predicted molar refractivity (Wildman–Crippen MR) is 115 cm³/mol. The molecule has 150 valence electrons. The second-order valence-electron chi connectivity index (χ2n) is 7.46. The largest absolute Gasteiger partial charge is 0.478 e. The van der Waals surface area contributed by atoms with Gasteiger partial charge < -0.3 is 9.47 Å². The van der Waals surface area contributed by atoms with Gasteiger partial charge in [-0.3, -0.25) is 14.7 Å². The summed E-state index contributed by atoms with van der Waals surface area (Å²) in [4.78, 5) is 19.4. The molecule has 0 saturated carbocycles. The van der Waals surface area contributed by atoms with Crippen molar-refractivity contribution in [3.8, 4) is 11.5 Å². The molecule has 3 heterocycles. The van der Waals surface area contributed by atoms with Crippen LogP contribution in [0.2, 0.25) is 5.02 Å². The molecule has 0 aliphatic carbocycles. The molecule has 2 aromatic carbocycles. The zero-order chi connectivity index (χ0) is 20.7. The van der Waals surface area contributed by atoms with Crippen molar-refractivity contribution in [1.82, 2.24) is 9.88 Å². The van der Waals surface area contributed by atoms with Crippen LogP contribution >= 0.6 is 11.6 Å². The molecule has 0 N–H and O–H groups in total. The lowest BCUT2D eigenvalue weighted by molar-refractivity contribution is 0.0872. The van der Waals surface area contributed by atoms with E-state index < -0.39 is 0 Å². The zero-order valence-corrected chi connectivity index (χ0v) is 17.1. The number of halogens is 1. The second-order valence-corrected chi connectivity index (χ2v) is 7.89. The lowest BCUT2D eigenvalue weighted by atomic mass is 9.98. The van der Waals surface area contributed by atoms with E-state index in [1.807, 2.05) is 55.5 Å². The summed E-state index contributed by atoms with van der Waals surface area (Å²) >= 11 is 5.99. The van der Waals surface area contributed by atoms with Crippen molar-refractivity contribution >= 4 is 23.5 Å². The standard InChI is InChI=1S/C24H19ClN2O3/c1-15-10-20-19(13-27(14-29-20)12-16-5-7-17(25)8-6-16)24-22(15)23(28)21(30-24)11-18-4-2-3-9-26-18/h2-11H,12-14H2,1H3/b21-11-. The number of aromatic nitrogens is 1. The summed E-state index contributed by atoms with van der Waals surface area (Å²) in [6.45, 7) is 3.72. The fraction of sp³-hybridized carbons (Fsp3) is 0.167. The molecule has 0 atom stereocenters. The number of fused-ring (bicyclic) bond motifs is 3. The molecule has 0 radical (unpaired) electrons. The van der Waals surface area contributed by atoms with Gasteiger partial charge in [-0.15, -0.1) is 0 Å². The van der Waals surface area contributed by atoms with Gasteiger partial charge in [0.1, 0.15) is 18.2 Å². The summed E-state index contributed by atoms with van der Waals surface area (Å²) in [5.41, 5.74) is 4.18. The Kier molecular flexibility index (Phi) is 4.77. The highest BCUT2D eigenvalue weighted by molar-refractivity contribution is 6.30. The number of Topliss-reactive ketones (excluding diaryl/α,β-unsaturated/α-hetero) is 1. The third-order valence-corrected chi connectivity index (χ3v) is 5.53. The summed E-state index contributed by atoms with van der Waals surface area (Å²) in [6.07, 6.45) is 3.37. The van der Waals surface area contributed by atoms with Crippen LogP contribution in [0.5, 0.6) is 11.5 Å². The molecule has 0 unspecified atom stereocenters. The molecule has 2 aliphatic rings. The van der Waals surface area contributed by atoms with E-state index in [4.69, 9.17) is 21.1 Å². The summed E-state index contributed by atoms with van der Waals surface area (Å²) in [6, 6.07) is 15.3. The maximum absolute atomic E-state index is 13.0. The number of benzene rings is 2. The number of rotatable bonds is 3. The Balaban J connectivity index is 1.46. The Bertz CT molecular complexity index is 1160. The van der Waals surface area contributed by atoms with Crippen molar-refractivity contribution in [2.75, 3.05) is 6.73 Å². The van der Waals surface area contributed by atoms with Gasteiger partial charge >= 0.3 is 0 Å². The molecule has 0 bridgehead atoms. The van der Waals surface area contributed by atoms with Gasteiger partial charge in [0.15, 0.2) is 5.76 Å². The van der Waals surface area contributed by atoms with Crippen LogP contribution in [0.15, 0.2) is 60.5 Å². The van der Waals surface area contributed by atoms with Crippen LogP contribution in [-0.2, 0) is 13.1 Å². The zero-order valence-electron chi connectivity index (χ0n) is 16.4. The SMILES string of the molecule is Cc1cc2c(c3c1C(=O)/C(=C/c1ccccn1)O3)CN(Cc1ccc(Cl)cc1)CO2. The van der Waals surface area contributed by atoms with Gasteiger partial charge in [0, 0.05) is 30.4 Å². The van der Waals surface area contributed by atoms with Crippen LogP contribution in [0.1, 0.15) is 32.7 Å². The molecule has 3 aromatic rings. The average molecular weight is 419 g/mol. The number of ketones is 1. The van der Waals surface area contributed by atoms with Crippen molar-refractivity contribution in [2.45, 2.75) is 20.0 Å². The fourth-order valence-electron chi connectivity index (χ4n) is 3.82. The molecule has 0 amide bonds. The van der Waals surface area contributed by atoms with E-state index in [1.165, 1.54) is 0 Å². The van der Waals surface area contributed by atoms with E-state index in [0.29, 0.717) is 41.8 Å². The van der Waals surface area contributed by atoms with Gasteiger partial charge in [-0.05, 0) is 48.4 Å². The first-order valence-electron chi connectivity index (χ1n) is 9.70. The molecule has 0 fully saturated rings. The molecule has 1 aromatic heterocycles. The smallest absolute Gasteiger partial charge is 0.232 e. The maximum atomic E-state index is 13.0. The first-order valence-corrected chi connectivity index (χ1v) is 10.1. The number of allylic oxidation sites excluding steroid dienone is 1. The molecular formula is C24H19ClN2O3. The van der Waals surface area contributed by atoms with E-state index in [1.54, 1.807) is 12.3 Å². The summed E-state index contributed by atoms with van der Waals surface area (Å²) in [5, 5.41) is 0.714. The van der Waals surface area contributed by atoms with Gasteiger partial charge in [0.25, 0.3) is 0 Å². The van der Waals surface area contributed by atoms with Gasteiger partial charge in [-0.2, -0.15) is 0 Å².